The highest BCUT2D eigenvalue weighted by molar-refractivity contribution is 7.12. The van der Waals surface area contributed by atoms with Gasteiger partial charge in [-0.3, -0.25) is 4.79 Å². The van der Waals surface area contributed by atoms with Crippen molar-refractivity contribution in [2.24, 2.45) is 0 Å². The van der Waals surface area contributed by atoms with Gasteiger partial charge in [0.25, 0.3) is 5.91 Å². The fourth-order valence-electron chi connectivity index (χ4n) is 3.58. The predicted molar refractivity (Wildman–Crippen MR) is 129 cm³/mol. The number of amides is 1. The average molecular weight is 464 g/mol. The van der Waals surface area contributed by atoms with Crippen LogP contribution in [0.1, 0.15) is 41.7 Å². The molecular formula is C26H26FN3O2S. The number of ether oxygens (including phenoxy) is 1. The average Bonchev–Trinajstić information content (AvgIpc) is 3.47. The number of halogens is 1. The molecular weight excluding hydrogens is 437 g/mol. The largest absolute Gasteiger partial charge is 0.439 e. The molecule has 2 heterocycles. The Morgan fingerprint density at radius 1 is 1.09 bits per heavy atom. The second-order valence-corrected chi connectivity index (χ2v) is 8.84. The summed E-state index contributed by atoms with van der Waals surface area (Å²) in [6, 6.07) is 19.3. The van der Waals surface area contributed by atoms with Crippen LogP contribution in [-0.4, -0.2) is 26.6 Å². The lowest BCUT2D eigenvalue weighted by atomic mass is 10.1. The third-order valence-electron chi connectivity index (χ3n) is 5.33. The molecule has 7 heteroatoms. The van der Waals surface area contributed by atoms with Crippen molar-refractivity contribution in [3.05, 3.63) is 94.1 Å². The molecule has 0 atom stereocenters. The van der Waals surface area contributed by atoms with Gasteiger partial charge in [0.1, 0.15) is 11.6 Å². The van der Waals surface area contributed by atoms with Gasteiger partial charge in [0.05, 0.1) is 28.4 Å². The summed E-state index contributed by atoms with van der Waals surface area (Å²) in [5, 5.41) is 6.70. The maximum Gasteiger partial charge on any atom is 0.264 e. The summed E-state index contributed by atoms with van der Waals surface area (Å²) in [6.07, 6.45) is 0.661. The first-order valence-corrected chi connectivity index (χ1v) is 11.8. The first-order chi connectivity index (χ1) is 16.0. The number of nitrogens with zero attached hydrogens (tertiary/aromatic N) is 3. The van der Waals surface area contributed by atoms with Gasteiger partial charge in [-0.2, -0.15) is 5.10 Å². The lowest BCUT2D eigenvalue weighted by Gasteiger charge is -2.26. The van der Waals surface area contributed by atoms with Crippen LogP contribution in [0.15, 0.2) is 72.1 Å². The molecule has 4 rings (SSSR count). The molecule has 0 aliphatic heterocycles. The topological polar surface area (TPSA) is 47.4 Å². The quantitative estimate of drug-likeness (QED) is 0.301. The number of benzene rings is 2. The van der Waals surface area contributed by atoms with Crippen LogP contribution in [0.2, 0.25) is 0 Å². The summed E-state index contributed by atoms with van der Waals surface area (Å²) < 4.78 is 21.6. The molecule has 1 amide bonds. The molecule has 0 unspecified atom stereocenters. The number of hydrogen-bond donors (Lipinski definition) is 0. The minimum absolute atomic E-state index is 0.0250. The van der Waals surface area contributed by atoms with Crippen molar-refractivity contribution in [1.82, 2.24) is 14.7 Å². The number of thiophene rings is 1. The van der Waals surface area contributed by atoms with E-state index >= 15 is 0 Å². The zero-order valence-corrected chi connectivity index (χ0v) is 19.7. The van der Waals surface area contributed by atoms with Gasteiger partial charge in [0.15, 0.2) is 0 Å². The molecule has 0 radical (unpaired) electrons. The van der Waals surface area contributed by atoms with Gasteiger partial charge in [-0.15, -0.1) is 11.3 Å². The van der Waals surface area contributed by atoms with Crippen LogP contribution in [0.4, 0.5) is 4.39 Å². The number of rotatable bonds is 8. The van der Waals surface area contributed by atoms with Crippen molar-refractivity contribution >= 4 is 17.2 Å². The van der Waals surface area contributed by atoms with Crippen molar-refractivity contribution in [1.29, 1.82) is 0 Å². The molecule has 0 aliphatic carbocycles. The normalized spacial score (nSPS) is 11.1. The fraction of sp³-hybridized carbons (Fsp3) is 0.231. The summed E-state index contributed by atoms with van der Waals surface area (Å²) >= 11 is 1.43. The summed E-state index contributed by atoms with van der Waals surface area (Å²) in [6.45, 7) is 6.37. The summed E-state index contributed by atoms with van der Waals surface area (Å²) in [5.74, 6) is 0.835. The van der Waals surface area contributed by atoms with Crippen molar-refractivity contribution in [2.45, 2.75) is 39.8 Å². The zero-order valence-electron chi connectivity index (χ0n) is 18.9. The SMILES string of the molecule is CCc1nn(-c2ccc(F)cc2)c(Oc2ccccc2)c1CN(C(=O)c1cccs1)C(C)C. The predicted octanol–water partition coefficient (Wildman–Crippen LogP) is 6.48. The molecule has 5 nitrogen and oxygen atoms in total. The molecule has 0 saturated heterocycles. The van der Waals surface area contributed by atoms with Crippen LogP contribution in [0.25, 0.3) is 5.69 Å². The van der Waals surface area contributed by atoms with E-state index in [1.54, 1.807) is 16.8 Å². The van der Waals surface area contributed by atoms with E-state index in [1.807, 2.05) is 73.5 Å². The maximum absolute atomic E-state index is 13.6. The third kappa shape index (κ3) is 4.98. The number of carbonyl (C=O) groups is 1. The van der Waals surface area contributed by atoms with Crippen molar-refractivity contribution < 1.29 is 13.9 Å². The highest BCUT2D eigenvalue weighted by Crippen LogP contribution is 2.33. The molecule has 0 fully saturated rings. The number of aryl methyl sites for hydroxylation is 1. The Hall–Kier alpha value is -3.45. The van der Waals surface area contributed by atoms with E-state index in [0.717, 1.165) is 11.3 Å². The van der Waals surface area contributed by atoms with Crippen molar-refractivity contribution in [3.8, 4) is 17.3 Å². The van der Waals surface area contributed by atoms with Gasteiger partial charge < -0.3 is 9.64 Å². The minimum Gasteiger partial charge on any atom is -0.439 e. The molecule has 4 aromatic rings. The molecule has 0 N–H and O–H groups in total. The molecule has 2 aromatic heterocycles. The number of aromatic nitrogens is 2. The van der Waals surface area contributed by atoms with Crippen LogP contribution in [0.5, 0.6) is 11.6 Å². The van der Waals surface area contributed by atoms with Crippen molar-refractivity contribution in [2.75, 3.05) is 0 Å². The smallest absolute Gasteiger partial charge is 0.264 e. The Kier molecular flexibility index (Phi) is 6.89. The van der Waals surface area contributed by atoms with E-state index in [4.69, 9.17) is 9.84 Å². The molecule has 0 spiro atoms. The first kappa shape index (κ1) is 22.7. The number of para-hydroxylation sites is 1. The monoisotopic (exact) mass is 463 g/mol. The molecule has 0 aliphatic rings. The van der Waals surface area contributed by atoms with Crippen LogP contribution >= 0.6 is 11.3 Å². The van der Waals surface area contributed by atoms with Gasteiger partial charge in [-0.25, -0.2) is 9.07 Å². The Balaban J connectivity index is 1.81. The second-order valence-electron chi connectivity index (χ2n) is 7.89. The zero-order chi connectivity index (χ0) is 23.4. The van der Waals surface area contributed by atoms with E-state index in [1.165, 1.54) is 23.5 Å². The molecule has 33 heavy (non-hydrogen) atoms. The minimum atomic E-state index is -0.320. The maximum atomic E-state index is 13.6. The van der Waals surface area contributed by atoms with E-state index in [9.17, 15) is 9.18 Å². The highest BCUT2D eigenvalue weighted by Gasteiger charge is 2.27. The van der Waals surface area contributed by atoms with Crippen molar-refractivity contribution in [3.63, 3.8) is 0 Å². The summed E-state index contributed by atoms with van der Waals surface area (Å²) in [7, 11) is 0. The second kappa shape index (κ2) is 10.0. The van der Waals surface area contributed by atoms with Gasteiger partial charge in [-0.1, -0.05) is 31.2 Å². The number of carbonyl (C=O) groups excluding carboxylic acids is 1. The Labute approximate surface area is 197 Å². The van der Waals surface area contributed by atoms with Gasteiger partial charge >= 0.3 is 0 Å². The van der Waals surface area contributed by atoms with Crippen LogP contribution < -0.4 is 4.74 Å². The van der Waals surface area contributed by atoms with E-state index < -0.39 is 0 Å². The van der Waals surface area contributed by atoms with Gasteiger partial charge in [0.2, 0.25) is 5.88 Å². The Bertz CT molecular complexity index is 1200. The van der Waals surface area contributed by atoms with Crippen LogP contribution in [-0.2, 0) is 13.0 Å². The Morgan fingerprint density at radius 2 is 1.82 bits per heavy atom. The number of hydrogen-bond acceptors (Lipinski definition) is 4. The van der Waals surface area contributed by atoms with E-state index in [2.05, 4.69) is 0 Å². The molecule has 0 bridgehead atoms. The third-order valence-corrected chi connectivity index (χ3v) is 6.19. The van der Waals surface area contributed by atoms with Crippen LogP contribution in [0.3, 0.4) is 0 Å². The summed E-state index contributed by atoms with van der Waals surface area (Å²) in [4.78, 5) is 15.8. The summed E-state index contributed by atoms with van der Waals surface area (Å²) in [5.41, 5.74) is 2.35. The molecule has 170 valence electrons. The lowest BCUT2D eigenvalue weighted by Crippen LogP contribution is -2.36. The van der Waals surface area contributed by atoms with Gasteiger partial charge in [0, 0.05) is 6.04 Å². The lowest BCUT2D eigenvalue weighted by molar-refractivity contribution is 0.0694. The van der Waals surface area contributed by atoms with E-state index in [0.29, 0.717) is 35.2 Å². The Morgan fingerprint density at radius 3 is 2.42 bits per heavy atom. The standard InChI is InChI=1S/C26H26FN3O2S/c1-4-23-22(17-29(18(2)3)25(31)24-11-8-16-33-24)26(32-21-9-6-5-7-10-21)30(28-23)20-14-12-19(27)13-15-20/h5-16,18H,4,17H2,1-3H3. The fourth-order valence-corrected chi connectivity index (χ4v) is 4.26. The molecule has 2 aromatic carbocycles. The van der Waals surface area contributed by atoms with E-state index in [-0.39, 0.29) is 17.8 Å². The van der Waals surface area contributed by atoms with Crippen LogP contribution in [0, 0.1) is 5.82 Å². The first-order valence-electron chi connectivity index (χ1n) is 10.9. The molecule has 0 saturated carbocycles. The van der Waals surface area contributed by atoms with Gasteiger partial charge in [-0.05, 0) is 68.1 Å². The highest BCUT2D eigenvalue weighted by atomic mass is 32.1.